The number of nitrogens with zero attached hydrogens (tertiary/aromatic N) is 1. The molecule has 0 saturated heterocycles. The predicted molar refractivity (Wildman–Crippen MR) is 122 cm³/mol. The second-order valence-electron chi connectivity index (χ2n) is 7.74. The minimum absolute atomic E-state index is 0.120. The Morgan fingerprint density at radius 3 is 2.39 bits per heavy atom. The minimum atomic E-state index is -0.120. The molecule has 2 aliphatic heterocycles. The number of ketones is 1. The smallest absolute Gasteiger partial charge is 0.231 e. The van der Waals surface area contributed by atoms with E-state index in [9.17, 15) is 4.79 Å². The number of allylic oxidation sites excluding steroid dienone is 1. The number of halogens is 2. The van der Waals surface area contributed by atoms with Crippen LogP contribution in [0, 0.1) is 6.92 Å². The summed E-state index contributed by atoms with van der Waals surface area (Å²) in [6, 6.07) is 17.0. The molecule has 0 N–H and O–H groups in total. The molecule has 3 aromatic carbocycles. The molecule has 156 valence electrons. The van der Waals surface area contributed by atoms with Crippen LogP contribution in [0.4, 0.5) is 0 Å². The first-order valence-electron chi connectivity index (χ1n) is 9.94. The normalized spacial score (nSPS) is 16.6. The number of ether oxygens (including phenoxy) is 2. The highest BCUT2D eigenvalue weighted by Gasteiger charge is 2.33. The first-order chi connectivity index (χ1) is 15.0. The van der Waals surface area contributed by atoms with Gasteiger partial charge in [-0.1, -0.05) is 47.5 Å². The maximum Gasteiger partial charge on any atom is 0.231 e. The zero-order valence-corrected chi connectivity index (χ0v) is 18.3. The van der Waals surface area contributed by atoms with Crippen molar-refractivity contribution in [2.24, 2.45) is 0 Å². The molecule has 6 heteroatoms. The SMILES string of the molecule is Cc1c2c(cc3c1O/C(=C\c1ccc(Cl)cc1)C3=O)CN(Cc1ccc(Cl)cc1)CO2. The van der Waals surface area contributed by atoms with Gasteiger partial charge < -0.3 is 9.47 Å². The fourth-order valence-corrected chi connectivity index (χ4v) is 4.21. The summed E-state index contributed by atoms with van der Waals surface area (Å²) in [6.07, 6.45) is 1.74. The van der Waals surface area contributed by atoms with E-state index in [1.807, 2.05) is 49.4 Å². The third-order valence-electron chi connectivity index (χ3n) is 5.49. The van der Waals surface area contributed by atoms with Crippen LogP contribution >= 0.6 is 23.2 Å². The van der Waals surface area contributed by atoms with E-state index in [-0.39, 0.29) is 5.78 Å². The maximum atomic E-state index is 13.0. The van der Waals surface area contributed by atoms with E-state index >= 15 is 0 Å². The molecule has 0 spiro atoms. The summed E-state index contributed by atoms with van der Waals surface area (Å²) in [5.74, 6) is 1.56. The summed E-state index contributed by atoms with van der Waals surface area (Å²) in [4.78, 5) is 15.2. The Balaban J connectivity index is 1.41. The average molecular weight is 452 g/mol. The Kier molecular flexibility index (Phi) is 5.22. The number of rotatable bonds is 3. The van der Waals surface area contributed by atoms with Gasteiger partial charge in [-0.2, -0.15) is 0 Å². The van der Waals surface area contributed by atoms with E-state index in [1.54, 1.807) is 18.2 Å². The molecule has 4 nitrogen and oxygen atoms in total. The van der Waals surface area contributed by atoms with Crippen molar-refractivity contribution in [3.05, 3.63) is 98.2 Å². The molecule has 31 heavy (non-hydrogen) atoms. The van der Waals surface area contributed by atoms with Crippen LogP contribution in [0.25, 0.3) is 6.08 Å². The molecule has 0 bridgehead atoms. The molecular formula is C25H19Cl2NO3. The van der Waals surface area contributed by atoms with E-state index in [4.69, 9.17) is 32.7 Å². The van der Waals surface area contributed by atoms with Crippen molar-refractivity contribution in [2.75, 3.05) is 6.73 Å². The van der Waals surface area contributed by atoms with Crippen molar-refractivity contribution in [2.45, 2.75) is 20.0 Å². The Morgan fingerprint density at radius 1 is 1.00 bits per heavy atom. The van der Waals surface area contributed by atoms with Crippen LogP contribution in [0.3, 0.4) is 0 Å². The summed E-state index contributed by atoms with van der Waals surface area (Å²) in [6.45, 7) is 3.83. The summed E-state index contributed by atoms with van der Waals surface area (Å²) in [5.41, 5.74) is 4.43. The van der Waals surface area contributed by atoms with Gasteiger partial charge in [0, 0.05) is 34.3 Å². The van der Waals surface area contributed by atoms with Crippen LogP contribution in [0.1, 0.15) is 32.6 Å². The van der Waals surface area contributed by atoms with Gasteiger partial charge in [0.15, 0.2) is 5.76 Å². The molecule has 0 fully saturated rings. The number of Topliss-reactive ketones (excluding diaryl/α,β-unsaturated/α-hetero) is 1. The Hall–Kier alpha value is -2.79. The lowest BCUT2D eigenvalue weighted by Gasteiger charge is -2.30. The van der Waals surface area contributed by atoms with Gasteiger partial charge in [-0.25, -0.2) is 0 Å². The van der Waals surface area contributed by atoms with Gasteiger partial charge in [-0.3, -0.25) is 9.69 Å². The van der Waals surface area contributed by atoms with Gasteiger partial charge in [0.2, 0.25) is 5.78 Å². The molecule has 3 aromatic rings. The number of hydrogen-bond acceptors (Lipinski definition) is 4. The molecule has 0 unspecified atom stereocenters. The Labute approximate surface area is 190 Å². The number of carbonyl (C=O) groups is 1. The van der Waals surface area contributed by atoms with Crippen LogP contribution in [-0.2, 0) is 13.1 Å². The van der Waals surface area contributed by atoms with E-state index in [0.717, 1.165) is 39.6 Å². The van der Waals surface area contributed by atoms with E-state index in [1.165, 1.54) is 0 Å². The summed E-state index contributed by atoms with van der Waals surface area (Å²) >= 11 is 11.9. The van der Waals surface area contributed by atoms with E-state index in [0.29, 0.717) is 35.4 Å². The van der Waals surface area contributed by atoms with Crippen molar-refractivity contribution in [3.63, 3.8) is 0 Å². The van der Waals surface area contributed by atoms with Crippen molar-refractivity contribution in [3.8, 4) is 11.5 Å². The molecular weight excluding hydrogens is 433 g/mol. The van der Waals surface area contributed by atoms with Gasteiger partial charge in [-0.15, -0.1) is 0 Å². The lowest BCUT2D eigenvalue weighted by atomic mass is 10.00. The number of carbonyl (C=O) groups excluding carboxylic acids is 1. The Morgan fingerprint density at radius 2 is 1.68 bits per heavy atom. The lowest BCUT2D eigenvalue weighted by Crippen LogP contribution is -2.32. The van der Waals surface area contributed by atoms with Crippen LogP contribution < -0.4 is 9.47 Å². The standard InChI is InChI=1S/C25H19Cl2NO3/c1-15-24-18(13-28(14-30-24)12-17-4-8-20(27)9-5-17)11-21-23(29)22(31-25(15)21)10-16-2-6-19(26)7-3-16/h2-11H,12-14H2,1H3/b22-10-. The second-order valence-corrected chi connectivity index (χ2v) is 8.62. The van der Waals surface area contributed by atoms with Gasteiger partial charge in [0.25, 0.3) is 0 Å². The molecule has 0 saturated carbocycles. The molecule has 0 aromatic heterocycles. The fraction of sp³-hybridized carbons (Fsp3) is 0.160. The molecule has 2 heterocycles. The van der Waals surface area contributed by atoms with Gasteiger partial charge >= 0.3 is 0 Å². The van der Waals surface area contributed by atoms with Crippen LogP contribution in [0.2, 0.25) is 10.0 Å². The monoisotopic (exact) mass is 451 g/mol. The third-order valence-corrected chi connectivity index (χ3v) is 5.99. The zero-order valence-electron chi connectivity index (χ0n) is 16.8. The molecule has 2 aliphatic rings. The van der Waals surface area contributed by atoms with Crippen LogP contribution in [0.5, 0.6) is 11.5 Å². The second kappa shape index (κ2) is 8.04. The van der Waals surface area contributed by atoms with Gasteiger partial charge in [0.1, 0.15) is 18.2 Å². The lowest BCUT2D eigenvalue weighted by molar-refractivity contribution is 0.0876. The van der Waals surface area contributed by atoms with E-state index in [2.05, 4.69) is 4.90 Å². The third kappa shape index (κ3) is 3.94. The van der Waals surface area contributed by atoms with Crippen LogP contribution in [-0.4, -0.2) is 17.4 Å². The quantitative estimate of drug-likeness (QED) is 0.439. The average Bonchev–Trinajstić information content (AvgIpc) is 3.07. The first-order valence-corrected chi connectivity index (χ1v) is 10.7. The van der Waals surface area contributed by atoms with Crippen molar-refractivity contribution in [1.82, 2.24) is 4.90 Å². The summed E-state index contributed by atoms with van der Waals surface area (Å²) < 4.78 is 12.0. The fourth-order valence-electron chi connectivity index (χ4n) is 3.96. The topological polar surface area (TPSA) is 38.8 Å². The minimum Gasteiger partial charge on any atom is -0.477 e. The maximum absolute atomic E-state index is 13.0. The van der Waals surface area contributed by atoms with Gasteiger partial charge in [-0.05, 0) is 54.5 Å². The van der Waals surface area contributed by atoms with Crippen LogP contribution in [0.15, 0.2) is 60.4 Å². The summed E-state index contributed by atoms with van der Waals surface area (Å²) in [7, 11) is 0. The number of fused-ring (bicyclic) bond motifs is 2. The largest absolute Gasteiger partial charge is 0.477 e. The predicted octanol–water partition coefficient (Wildman–Crippen LogP) is 6.27. The molecule has 0 amide bonds. The van der Waals surface area contributed by atoms with E-state index < -0.39 is 0 Å². The molecule has 5 rings (SSSR count). The van der Waals surface area contributed by atoms with Gasteiger partial charge in [0.05, 0.1) is 5.56 Å². The van der Waals surface area contributed by atoms with Crippen molar-refractivity contribution in [1.29, 1.82) is 0 Å². The zero-order chi connectivity index (χ0) is 21.5. The van der Waals surface area contributed by atoms with Crippen molar-refractivity contribution < 1.29 is 14.3 Å². The molecule has 0 aliphatic carbocycles. The summed E-state index contributed by atoms with van der Waals surface area (Å²) in [5, 5.41) is 1.36. The first kappa shape index (κ1) is 20.1. The van der Waals surface area contributed by atoms with Crippen molar-refractivity contribution >= 4 is 35.1 Å². The highest BCUT2D eigenvalue weighted by Crippen LogP contribution is 2.43. The highest BCUT2D eigenvalue weighted by molar-refractivity contribution is 6.30. The number of hydrogen-bond donors (Lipinski definition) is 0. The highest BCUT2D eigenvalue weighted by atomic mass is 35.5. The Bertz CT molecular complexity index is 1200. The number of benzene rings is 3. The molecule has 0 radical (unpaired) electrons. The molecule has 0 atom stereocenters.